The minimum atomic E-state index is -0.591. The van der Waals surface area contributed by atoms with Crippen molar-refractivity contribution in [3.05, 3.63) is 48.6 Å². The highest BCUT2D eigenvalue weighted by atomic mass is 16.5. The van der Waals surface area contributed by atoms with Gasteiger partial charge in [-0.25, -0.2) is 0 Å². The van der Waals surface area contributed by atoms with Crippen LogP contribution in [-0.2, 0) is 16.1 Å². The zero-order chi connectivity index (χ0) is 15.1. The van der Waals surface area contributed by atoms with Crippen LogP contribution in [0.1, 0.15) is 5.56 Å². The number of aliphatic hydroxyl groups is 1. The van der Waals surface area contributed by atoms with E-state index in [2.05, 4.69) is 28.9 Å². The molecule has 21 heavy (non-hydrogen) atoms. The van der Waals surface area contributed by atoms with E-state index < -0.39 is 5.54 Å². The number of nitrogens with one attached hydrogen (secondary N) is 1. The summed E-state index contributed by atoms with van der Waals surface area (Å²) in [5.41, 5.74) is 0.583. The van der Waals surface area contributed by atoms with Gasteiger partial charge in [0.1, 0.15) is 0 Å². The molecule has 0 radical (unpaired) electrons. The van der Waals surface area contributed by atoms with Crippen molar-refractivity contribution in [3.63, 3.8) is 0 Å². The van der Waals surface area contributed by atoms with E-state index in [0.717, 1.165) is 6.54 Å². The first-order valence-corrected chi connectivity index (χ1v) is 7.08. The quantitative estimate of drug-likeness (QED) is 0.751. The molecule has 0 aliphatic carbocycles. The van der Waals surface area contributed by atoms with Gasteiger partial charge in [-0.3, -0.25) is 9.69 Å². The number of aliphatic hydroxyl groups excluding tert-OH is 1. The van der Waals surface area contributed by atoms with Crippen molar-refractivity contribution in [2.24, 2.45) is 0 Å². The van der Waals surface area contributed by atoms with E-state index in [1.54, 1.807) is 0 Å². The summed E-state index contributed by atoms with van der Waals surface area (Å²) in [6.45, 7) is 6.17. The van der Waals surface area contributed by atoms with E-state index in [1.807, 2.05) is 18.2 Å². The van der Waals surface area contributed by atoms with E-state index >= 15 is 0 Å². The molecule has 1 amide bonds. The van der Waals surface area contributed by atoms with Gasteiger partial charge in [0.2, 0.25) is 5.91 Å². The van der Waals surface area contributed by atoms with Crippen LogP contribution >= 0.6 is 0 Å². The monoisotopic (exact) mass is 290 g/mol. The lowest BCUT2D eigenvalue weighted by Gasteiger charge is -2.45. The summed E-state index contributed by atoms with van der Waals surface area (Å²) in [6, 6.07) is 10.1. The van der Waals surface area contributed by atoms with Crippen LogP contribution in [0.5, 0.6) is 0 Å². The maximum atomic E-state index is 11.4. The lowest BCUT2D eigenvalue weighted by atomic mass is 9.96. The lowest BCUT2D eigenvalue weighted by molar-refractivity contribution is -0.121. The molecule has 114 valence electrons. The fourth-order valence-corrected chi connectivity index (χ4v) is 2.50. The first kappa shape index (κ1) is 15.7. The normalized spacial score (nSPS) is 22.7. The van der Waals surface area contributed by atoms with Crippen molar-refractivity contribution >= 4 is 5.91 Å². The predicted molar refractivity (Wildman–Crippen MR) is 80.7 cm³/mol. The van der Waals surface area contributed by atoms with E-state index in [9.17, 15) is 9.90 Å². The van der Waals surface area contributed by atoms with Crippen LogP contribution in [0, 0.1) is 0 Å². The second-order valence-electron chi connectivity index (χ2n) is 5.26. The Balaban J connectivity index is 2.11. The molecule has 0 aromatic heterocycles. The summed E-state index contributed by atoms with van der Waals surface area (Å²) >= 11 is 0. The van der Waals surface area contributed by atoms with E-state index in [1.165, 1.54) is 11.6 Å². The summed E-state index contributed by atoms with van der Waals surface area (Å²) in [6.07, 6.45) is 1.23. The second-order valence-corrected chi connectivity index (χ2v) is 5.26. The molecule has 5 nitrogen and oxygen atoms in total. The lowest BCUT2D eigenvalue weighted by Crippen LogP contribution is -2.63. The molecule has 0 saturated carbocycles. The molecule has 1 heterocycles. The van der Waals surface area contributed by atoms with E-state index in [4.69, 9.17) is 4.74 Å². The third-order valence-corrected chi connectivity index (χ3v) is 3.83. The number of hydrogen-bond donors (Lipinski definition) is 2. The number of amides is 1. The smallest absolute Gasteiger partial charge is 0.243 e. The summed E-state index contributed by atoms with van der Waals surface area (Å²) in [7, 11) is 0. The highest BCUT2D eigenvalue weighted by Crippen LogP contribution is 2.22. The van der Waals surface area contributed by atoms with Crippen LogP contribution in [0.15, 0.2) is 43.0 Å². The summed E-state index contributed by atoms with van der Waals surface area (Å²) in [5.74, 6) is -0.243. The van der Waals surface area contributed by atoms with Crippen molar-refractivity contribution < 1.29 is 14.6 Å². The number of nitrogens with zero attached hydrogens (tertiary/aromatic N) is 1. The van der Waals surface area contributed by atoms with Gasteiger partial charge in [-0.05, 0) is 11.6 Å². The Bertz CT molecular complexity index is 478. The minimum absolute atomic E-state index is 0.0722. The molecular weight excluding hydrogens is 268 g/mol. The molecule has 5 heteroatoms. The Labute approximate surface area is 125 Å². The minimum Gasteiger partial charge on any atom is -0.394 e. The molecule has 1 aromatic rings. The van der Waals surface area contributed by atoms with Gasteiger partial charge in [-0.15, -0.1) is 0 Å². The molecule has 1 fully saturated rings. The third kappa shape index (κ3) is 3.91. The Morgan fingerprint density at radius 1 is 1.48 bits per heavy atom. The fourth-order valence-electron chi connectivity index (χ4n) is 2.50. The van der Waals surface area contributed by atoms with Gasteiger partial charge in [-0.1, -0.05) is 36.9 Å². The maximum Gasteiger partial charge on any atom is 0.243 e. The van der Waals surface area contributed by atoms with Crippen molar-refractivity contribution in [2.45, 2.75) is 12.1 Å². The zero-order valence-electron chi connectivity index (χ0n) is 12.1. The average molecular weight is 290 g/mol. The zero-order valence-corrected chi connectivity index (χ0v) is 12.1. The molecule has 1 unspecified atom stereocenters. The topological polar surface area (TPSA) is 61.8 Å². The molecule has 2 N–H and O–H groups in total. The number of benzene rings is 1. The van der Waals surface area contributed by atoms with Gasteiger partial charge in [0.05, 0.1) is 25.4 Å². The van der Waals surface area contributed by atoms with Crippen molar-refractivity contribution in [1.29, 1.82) is 0 Å². The van der Waals surface area contributed by atoms with Crippen LogP contribution in [0.2, 0.25) is 0 Å². The number of carbonyl (C=O) groups is 1. The second kappa shape index (κ2) is 7.36. The van der Waals surface area contributed by atoms with Crippen molar-refractivity contribution in [1.82, 2.24) is 10.2 Å². The molecule has 2 rings (SSSR count). The molecule has 1 saturated heterocycles. The number of hydrogen-bond acceptors (Lipinski definition) is 4. The molecule has 1 aromatic carbocycles. The Kier molecular flexibility index (Phi) is 5.50. The highest BCUT2D eigenvalue weighted by molar-refractivity contribution is 5.86. The molecule has 1 atom stereocenters. The van der Waals surface area contributed by atoms with Gasteiger partial charge in [0, 0.05) is 19.6 Å². The van der Waals surface area contributed by atoms with Crippen LogP contribution in [-0.4, -0.2) is 54.4 Å². The molecule has 1 aliphatic heterocycles. The average Bonchev–Trinajstić information content (AvgIpc) is 2.55. The number of morpholine rings is 1. The SMILES string of the molecule is C=CC(=O)NCC1(CO)COCCN1Cc1ccccc1. The van der Waals surface area contributed by atoms with Crippen LogP contribution < -0.4 is 5.32 Å². The van der Waals surface area contributed by atoms with Crippen molar-refractivity contribution in [2.75, 3.05) is 32.9 Å². The van der Waals surface area contributed by atoms with E-state index in [0.29, 0.717) is 26.3 Å². The first-order chi connectivity index (χ1) is 10.2. The van der Waals surface area contributed by atoms with Crippen molar-refractivity contribution in [3.8, 4) is 0 Å². The van der Waals surface area contributed by atoms with Gasteiger partial charge < -0.3 is 15.2 Å². The standard InChI is InChI=1S/C16H22N2O3/c1-2-15(20)17-11-16(12-19)13-21-9-8-18(16)10-14-6-4-3-5-7-14/h2-7,19H,1,8-13H2,(H,17,20). The Hall–Kier alpha value is -1.69. The maximum absolute atomic E-state index is 11.4. The largest absolute Gasteiger partial charge is 0.394 e. The van der Waals surface area contributed by atoms with Crippen LogP contribution in [0.4, 0.5) is 0 Å². The summed E-state index contributed by atoms with van der Waals surface area (Å²) in [4.78, 5) is 13.6. The van der Waals surface area contributed by atoms with Gasteiger partial charge in [0.15, 0.2) is 0 Å². The van der Waals surface area contributed by atoms with Gasteiger partial charge >= 0.3 is 0 Å². The first-order valence-electron chi connectivity index (χ1n) is 7.08. The fraction of sp³-hybridized carbons (Fsp3) is 0.438. The molecular formula is C16H22N2O3. The third-order valence-electron chi connectivity index (χ3n) is 3.83. The van der Waals surface area contributed by atoms with Crippen LogP contribution in [0.3, 0.4) is 0 Å². The Morgan fingerprint density at radius 2 is 2.24 bits per heavy atom. The Morgan fingerprint density at radius 3 is 2.90 bits per heavy atom. The number of rotatable bonds is 6. The highest BCUT2D eigenvalue weighted by Gasteiger charge is 2.39. The van der Waals surface area contributed by atoms with Gasteiger partial charge in [0.25, 0.3) is 0 Å². The molecule has 0 spiro atoms. The predicted octanol–water partition coefficient (Wildman–Crippen LogP) is 0.552. The van der Waals surface area contributed by atoms with E-state index in [-0.39, 0.29) is 12.5 Å². The molecule has 1 aliphatic rings. The summed E-state index contributed by atoms with van der Waals surface area (Å²) in [5, 5.41) is 12.6. The van der Waals surface area contributed by atoms with Gasteiger partial charge in [-0.2, -0.15) is 0 Å². The number of ether oxygens (including phenoxy) is 1. The van der Waals surface area contributed by atoms with Crippen LogP contribution in [0.25, 0.3) is 0 Å². The number of carbonyl (C=O) groups excluding carboxylic acids is 1. The summed E-state index contributed by atoms with van der Waals surface area (Å²) < 4.78 is 5.53. The molecule has 0 bridgehead atoms.